The summed E-state index contributed by atoms with van der Waals surface area (Å²) in [4.78, 5) is 35.7. The van der Waals surface area contributed by atoms with Crippen molar-refractivity contribution in [3.63, 3.8) is 0 Å². The third kappa shape index (κ3) is 63.5. The molecule has 9 nitrogen and oxygen atoms in total. The number of carbonyl (C=O) groups excluding carboxylic acids is 2. The number of allylic oxidation sites excluding steroid dienone is 4. The molecule has 0 saturated heterocycles. The van der Waals surface area contributed by atoms with Crippen LogP contribution in [0.1, 0.15) is 341 Å². The van der Waals surface area contributed by atoms with Gasteiger partial charge in [0.15, 0.2) is 6.10 Å². The monoisotopic (exact) mass is 1110 g/mol. The zero-order valence-electron chi connectivity index (χ0n) is 52.0. The predicted molar refractivity (Wildman–Crippen MR) is 331 cm³/mol. The number of phosphoric ester groups is 1. The van der Waals surface area contributed by atoms with Gasteiger partial charge in [0.05, 0.1) is 27.7 Å². The number of ether oxygens (including phenoxy) is 2. The Morgan fingerprint density at radius 1 is 0.390 bits per heavy atom. The Morgan fingerprint density at radius 3 is 0.961 bits per heavy atom. The second kappa shape index (κ2) is 59.1. The molecule has 2 unspecified atom stereocenters. The molecule has 0 amide bonds. The van der Waals surface area contributed by atoms with Gasteiger partial charge in [-0.05, 0) is 64.2 Å². The summed E-state index contributed by atoms with van der Waals surface area (Å²) in [6.45, 7) is 4.48. The normalized spacial score (nSPS) is 13.3. The standard InChI is InChI=1S/C67H130NO8P/c1-6-8-10-12-14-16-18-20-22-24-25-26-27-28-29-30-31-32-33-34-35-36-37-38-39-40-41-42-43-44-46-48-50-52-54-56-58-60-67(70)76-65(64-75-77(71,72)74-62-61-68(3,4)5)63-73-66(69)59-57-55-53-51-49-47-45-23-21-19-17-15-13-11-9-7-2/h23-25,45,65H,6-22,26-44,46-64H2,1-5H3/p+1/b25-24-,45-23-. The number of quaternary nitrogens is 1. The average molecular weight is 1110 g/mol. The Hall–Kier alpha value is -1.51. The van der Waals surface area contributed by atoms with Crippen molar-refractivity contribution in [2.75, 3.05) is 47.5 Å². The number of esters is 2. The van der Waals surface area contributed by atoms with Gasteiger partial charge in [0.1, 0.15) is 19.8 Å². The fourth-order valence-corrected chi connectivity index (χ4v) is 10.8. The minimum atomic E-state index is -4.38. The van der Waals surface area contributed by atoms with Crippen LogP contribution in [-0.4, -0.2) is 74.9 Å². The Morgan fingerprint density at radius 2 is 0.662 bits per heavy atom. The Balaban J connectivity index is 3.91. The highest BCUT2D eigenvalue weighted by Crippen LogP contribution is 2.43. The number of unbranched alkanes of at least 4 members (excludes halogenated alkanes) is 45. The van der Waals surface area contributed by atoms with Crippen LogP contribution in [0, 0.1) is 0 Å². The molecule has 0 aromatic carbocycles. The van der Waals surface area contributed by atoms with Crippen LogP contribution < -0.4 is 0 Å². The van der Waals surface area contributed by atoms with E-state index < -0.39 is 26.5 Å². The fourth-order valence-electron chi connectivity index (χ4n) is 10.0. The predicted octanol–water partition coefficient (Wildman–Crippen LogP) is 21.3. The van der Waals surface area contributed by atoms with Crippen molar-refractivity contribution in [3.8, 4) is 0 Å². The number of hydrogen-bond acceptors (Lipinski definition) is 7. The first-order chi connectivity index (χ1) is 37.5. The minimum absolute atomic E-state index is 0.0335. The van der Waals surface area contributed by atoms with Crippen LogP contribution in [0.5, 0.6) is 0 Å². The van der Waals surface area contributed by atoms with Crippen LogP contribution in [0.2, 0.25) is 0 Å². The van der Waals surface area contributed by atoms with E-state index in [2.05, 4.69) is 38.2 Å². The molecule has 0 bridgehead atoms. The Labute approximate surface area is 479 Å². The molecule has 0 aliphatic carbocycles. The van der Waals surface area contributed by atoms with Gasteiger partial charge in [-0.2, -0.15) is 0 Å². The molecule has 0 aliphatic heterocycles. The third-order valence-corrected chi connectivity index (χ3v) is 16.2. The highest BCUT2D eigenvalue weighted by Gasteiger charge is 2.27. The van der Waals surface area contributed by atoms with Gasteiger partial charge in [0.25, 0.3) is 0 Å². The molecule has 2 atom stereocenters. The zero-order valence-corrected chi connectivity index (χ0v) is 52.9. The molecule has 10 heteroatoms. The van der Waals surface area contributed by atoms with Gasteiger partial charge >= 0.3 is 19.8 Å². The molecule has 0 fully saturated rings. The van der Waals surface area contributed by atoms with E-state index in [9.17, 15) is 19.0 Å². The lowest BCUT2D eigenvalue weighted by Crippen LogP contribution is -2.37. The van der Waals surface area contributed by atoms with Crippen LogP contribution in [0.3, 0.4) is 0 Å². The van der Waals surface area contributed by atoms with Gasteiger partial charge < -0.3 is 18.9 Å². The zero-order chi connectivity index (χ0) is 56.3. The molecule has 0 aliphatic rings. The lowest BCUT2D eigenvalue weighted by molar-refractivity contribution is -0.870. The van der Waals surface area contributed by atoms with Crippen molar-refractivity contribution in [1.82, 2.24) is 0 Å². The van der Waals surface area contributed by atoms with Crippen LogP contribution in [0.15, 0.2) is 24.3 Å². The molecule has 0 spiro atoms. The molecule has 0 aromatic rings. The van der Waals surface area contributed by atoms with Crippen molar-refractivity contribution < 1.29 is 42.1 Å². The molecular weight excluding hydrogens is 978 g/mol. The summed E-state index contributed by atoms with van der Waals surface area (Å²) in [6, 6.07) is 0. The lowest BCUT2D eigenvalue weighted by atomic mass is 10.0. The van der Waals surface area contributed by atoms with Crippen LogP contribution >= 0.6 is 7.82 Å². The summed E-state index contributed by atoms with van der Waals surface area (Å²) in [5.74, 6) is -0.789. The maximum Gasteiger partial charge on any atom is 0.472 e. The van der Waals surface area contributed by atoms with E-state index in [4.69, 9.17) is 18.5 Å². The van der Waals surface area contributed by atoms with Crippen molar-refractivity contribution in [2.24, 2.45) is 0 Å². The van der Waals surface area contributed by atoms with Crippen LogP contribution in [0.4, 0.5) is 0 Å². The molecule has 77 heavy (non-hydrogen) atoms. The van der Waals surface area contributed by atoms with Gasteiger partial charge in [0, 0.05) is 12.8 Å². The number of likely N-dealkylation sites (N-methyl/N-ethyl adjacent to an activating group) is 1. The average Bonchev–Trinajstić information content (AvgIpc) is 3.39. The maximum atomic E-state index is 12.8. The first-order valence-corrected chi connectivity index (χ1v) is 35.1. The topological polar surface area (TPSA) is 108 Å². The SMILES string of the molecule is CCCCCCCCC/C=C\CCCCCCCC(=O)OCC(COP(=O)(O)OCC[N+](C)(C)C)OC(=O)CCCCCCCCCCCCCCCCCCCCCCCCCCC/C=C\CCCCCCCCCC. The second-order valence-electron chi connectivity index (χ2n) is 24.2. The fraction of sp³-hybridized carbons (Fsp3) is 0.910. The van der Waals surface area contributed by atoms with Gasteiger partial charge in [0.2, 0.25) is 0 Å². The van der Waals surface area contributed by atoms with Gasteiger partial charge in [-0.15, -0.1) is 0 Å². The Bertz CT molecular complexity index is 1350. The van der Waals surface area contributed by atoms with E-state index in [0.29, 0.717) is 17.4 Å². The van der Waals surface area contributed by atoms with Gasteiger partial charge in [-0.3, -0.25) is 18.6 Å². The summed E-state index contributed by atoms with van der Waals surface area (Å²) >= 11 is 0. The van der Waals surface area contributed by atoms with E-state index in [1.807, 2.05) is 21.1 Å². The number of phosphoric acid groups is 1. The maximum absolute atomic E-state index is 12.8. The van der Waals surface area contributed by atoms with E-state index in [1.165, 1.54) is 257 Å². The first kappa shape index (κ1) is 75.5. The molecule has 0 heterocycles. The summed E-state index contributed by atoms with van der Waals surface area (Å²) in [5, 5.41) is 0. The molecule has 1 N–H and O–H groups in total. The van der Waals surface area contributed by atoms with Crippen molar-refractivity contribution in [3.05, 3.63) is 24.3 Å². The second-order valence-corrected chi connectivity index (χ2v) is 25.7. The Kier molecular flexibility index (Phi) is 58.0. The van der Waals surface area contributed by atoms with Crippen LogP contribution in [0.25, 0.3) is 0 Å². The number of hydrogen-bond donors (Lipinski definition) is 1. The van der Waals surface area contributed by atoms with E-state index in [0.717, 1.165) is 51.4 Å². The van der Waals surface area contributed by atoms with Crippen LogP contribution in [-0.2, 0) is 32.7 Å². The lowest BCUT2D eigenvalue weighted by Gasteiger charge is -2.24. The highest BCUT2D eigenvalue weighted by atomic mass is 31.2. The number of nitrogens with zero attached hydrogens (tertiary/aromatic N) is 1. The van der Waals surface area contributed by atoms with Gasteiger partial charge in [-0.1, -0.05) is 289 Å². The van der Waals surface area contributed by atoms with E-state index in [1.54, 1.807) is 0 Å². The largest absolute Gasteiger partial charge is 0.472 e. The third-order valence-electron chi connectivity index (χ3n) is 15.2. The first-order valence-electron chi connectivity index (χ1n) is 33.6. The quantitative estimate of drug-likeness (QED) is 0.0211. The minimum Gasteiger partial charge on any atom is -0.462 e. The summed E-state index contributed by atoms with van der Waals surface area (Å²) < 4.78 is 34.6. The summed E-state index contributed by atoms with van der Waals surface area (Å²) in [6.07, 6.45) is 73.0. The van der Waals surface area contributed by atoms with E-state index in [-0.39, 0.29) is 32.0 Å². The van der Waals surface area contributed by atoms with Crippen molar-refractivity contribution in [1.29, 1.82) is 0 Å². The smallest absolute Gasteiger partial charge is 0.462 e. The summed E-state index contributed by atoms with van der Waals surface area (Å²) in [7, 11) is 1.49. The molecular formula is C67H131NO8P+. The van der Waals surface area contributed by atoms with Gasteiger partial charge in [-0.25, -0.2) is 4.57 Å². The van der Waals surface area contributed by atoms with Crippen molar-refractivity contribution in [2.45, 2.75) is 347 Å². The highest BCUT2D eigenvalue weighted by molar-refractivity contribution is 7.47. The molecule has 456 valence electrons. The molecule has 0 saturated carbocycles. The summed E-state index contributed by atoms with van der Waals surface area (Å²) in [5.41, 5.74) is 0. The number of rotatable bonds is 63. The molecule has 0 radical (unpaired) electrons. The van der Waals surface area contributed by atoms with E-state index >= 15 is 0 Å². The van der Waals surface area contributed by atoms with Crippen molar-refractivity contribution >= 4 is 19.8 Å². The molecule has 0 aromatic heterocycles. The molecule has 0 rings (SSSR count). The number of carbonyl (C=O) groups is 2.